The highest BCUT2D eigenvalue weighted by Gasteiger charge is 2.20. The van der Waals surface area contributed by atoms with E-state index in [0.717, 1.165) is 22.6 Å². The van der Waals surface area contributed by atoms with E-state index in [1.807, 2.05) is 0 Å². The molecule has 0 aliphatic heterocycles. The highest BCUT2D eigenvalue weighted by Crippen LogP contribution is 2.47. The molecule has 0 amide bonds. The van der Waals surface area contributed by atoms with Gasteiger partial charge in [0.25, 0.3) is 0 Å². The topological polar surface area (TPSA) is 3.24 Å². The summed E-state index contributed by atoms with van der Waals surface area (Å²) in [5.74, 6) is 0. The molecular weight excluding hydrogens is 759 g/mol. The van der Waals surface area contributed by atoms with Crippen LogP contribution in [0.1, 0.15) is 0 Å². The van der Waals surface area contributed by atoms with Gasteiger partial charge in [-0.3, -0.25) is 0 Å². The van der Waals surface area contributed by atoms with Gasteiger partial charge in [0.1, 0.15) is 0 Å². The van der Waals surface area contributed by atoms with E-state index < -0.39 is 0 Å². The number of nitrogens with zero attached hydrogens (tertiary/aromatic N) is 1. The zero-order valence-electron chi connectivity index (χ0n) is 34.8. The molecule has 11 aromatic carbocycles. The molecule has 11 aromatic rings. The van der Waals surface area contributed by atoms with Gasteiger partial charge in [-0.15, -0.1) is 0 Å². The normalized spacial score (nSPS) is 11.2. The molecule has 0 saturated heterocycles. The van der Waals surface area contributed by atoms with Gasteiger partial charge in [-0.1, -0.05) is 218 Å². The highest BCUT2D eigenvalue weighted by atomic mass is 15.1. The Bertz CT molecular complexity index is 3360. The van der Waals surface area contributed by atoms with Crippen LogP contribution in [-0.4, -0.2) is 0 Å². The predicted molar refractivity (Wildman–Crippen MR) is 269 cm³/mol. The van der Waals surface area contributed by atoms with Gasteiger partial charge in [0.15, 0.2) is 0 Å². The summed E-state index contributed by atoms with van der Waals surface area (Å²) in [5.41, 5.74) is 17.6. The molecule has 63 heavy (non-hydrogen) atoms. The van der Waals surface area contributed by atoms with E-state index >= 15 is 0 Å². The summed E-state index contributed by atoms with van der Waals surface area (Å²) in [4.78, 5) is 2.41. The molecule has 0 saturated carbocycles. The number of fused-ring (bicyclic) bond motifs is 3. The van der Waals surface area contributed by atoms with Crippen molar-refractivity contribution in [3.05, 3.63) is 261 Å². The van der Waals surface area contributed by atoms with E-state index in [1.54, 1.807) is 0 Å². The highest BCUT2D eigenvalue weighted by molar-refractivity contribution is 6.22. The van der Waals surface area contributed by atoms with Crippen molar-refractivity contribution in [1.29, 1.82) is 0 Å². The molecule has 0 N–H and O–H groups in total. The van der Waals surface area contributed by atoms with Crippen molar-refractivity contribution in [2.45, 2.75) is 0 Å². The predicted octanol–water partition coefficient (Wildman–Crippen LogP) is 17.5. The van der Waals surface area contributed by atoms with Crippen molar-refractivity contribution in [2.75, 3.05) is 4.90 Å². The van der Waals surface area contributed by atoms with Gasteiger partial charge in [-0.05, 0) is 131 Å². The molecule has 0 atom stereocenters. The molecular formula is C62H43N. The van der Waals surface area contributed by atoms with E-state index in [-0.39, 0.29) is 0 Å². The summed E-state index contributed by atoms with van der Waals surface area (Å²) in [5, 5.41) is 4.99. The fraction of sp³-hybridized carbons (Fsp3) is 0. The van der Waals surface area contributed by atoms with Crippen LogP contribution in [0.3, 0.4) is 0 Å². The van der Waals surface area contributed by atoms with E-state index in [9.17, 15) is 0 Å². The van der Waals surface area contributed by atoms with Crippen LogP contribution >= 0.6 is 0 Å². The van der Waals surface area contributed by atoms with Crippen LogP contribution in [-0.2, 0) is 0 Å². The van der Waals surface area contributed by atoms with Crippen molar-refractivity contribution < 1.29 is 0 Å². The number of rotatable bonds is 9. The minimum absolute atomic E-state index is 1.08. The maximum Gasteiger partial charge on any atom is 0.0468 e. The third kappa shape index (κ3) is 7.26. The average Bonchev–Trinajstić information content (AvgIpc) is 3.37. The van der Waals surface area contributed by atoms with Crippen LogP contribution in [0.25, 0.3) is 88.3 Å². The summed E-state index contributed by atoms with van der Waals surface area (Å²) < 4.78 is 0. The fourth-order valence-electron chi connectivity index (χ4n) is 9.30. The Morgan fingerprint density at radius 3 is 1.16 bits per heavy atom. The lowest BCUT2D eigenvalue weighted by atomic mass is 9.84. The minimum atomic E-state index is 1.08. The molecule has 296 valence electrons. The summed E-state index contributed by atoms with van der Waals surface area (Å²) in [6, 6.07) is 94.7. The van der Waals surface area contributed by atoms with Crippen molar-refractivity contribution in [3.63, 3.8) is 0 Å². The second-order valence-electron chi connectivity index (χ2n) is 16.1. The van der Waals surface area contributed by atoms with Crippen LogP contribution in [0.2, 0.25) is 0 Å². The molecule has 0 unspecified atom stereocenters. The molecule has 0 spiro atoms. The SMILES string of the molecule is c1ccc(-c2cccc(N(c3cccc(-c4ccc5c(c4)c(-c4ccccc4)c(-c4ccccc4)c4ccccc45)c3)c3ccc(-c4ccccc4)c(-c4ccccc4)c3)c2)cc1. The molecule has 0 aliphatic carbocycles. The molecule has 0 heterocycles. The van der Waals surface area contributed by atoms with Crippen molar-refractivity contribution in [3.8, 4) is 66.8 Å². The first kappa shape index (κ1) is 37.7. The van der Waals surface area contributed by atoms with Gasteiger partial charge in [-0.2, -0.15) is 0 Å². The molecule has 0 bridgehead atoms. The average molecular weight is 802 g/mol. The molecule has 0 aliphatic rings. The second kappa shape index (κ2) is 16.7. The molecule has 1 heteroatoms. The van der Waals surface area contributed by atoms with Crippen molar-refractivity contribution in [2.24, 2.45) is 0 Å². The van der Waals surface area contributed by atoms with E-state index in [2.05, 4.69) is 266 Å². The maximum atomic E-state index is 2.41. The van der Waals surface area contributed by atoms with Crippen molar-refractivity contribution in [1.82, 2.24) is 0 Å². The Morgan fingerprint density at radius 1 is 0.190 bits per heavy atom. The fourth-order valence-corrected chi connectivity index (χ4v) is 9.30. The van der Waals surface area contributed by atoms with E-state index in [4.69, 9.17) is 0 Å². The van der Waals surface area contributed by atoms with Gasteiger partial charge in [-0.25, -0.2) is 0 Å². The molecule has 0 radical (unpaired) electrons. The number of hydrogen-bond acceptors (Lipinski definition) is 1. The summed E-state index contributed by atoms with van der Waals surface area (Å²) in [6.07, 6.45) is 0. The summed E-state index contributed by atoms with van der Waals surface area (Å²) in [6.45, 7) is 0. The minimum Gasteiger partial charge on any atom is -0.310 e. The second-order valence-corrected chi connectivity index (χ2v) is 16.1. The first-order valence-corrected chi connectivity index (χ1v) is 21.7. The molecule has 11 rings (SSSR count). The van der Waals surface area contributed by atoms with E-state index in [0.29, 0.717) is 0 Å². The third-order valence-electron chi connectivity index (χ3n) is 12.2. The third-order valence-corrected chi connectivity index (χ3v) is 12.2. The zero-order valence-corrected chi connectivity index (χ0v) is 34.8. The zero-order chi connectivity index (χ0) is 42.0. The monoisotopic (exact) mass is 801 g/mol. The maximum absolute atomic E-state index is 2.41. The molecule has 0 aromatic heterocycles. The van der Waals surface area contributed by atoms with Crippen LogP contribution in [0.15, 0.2) is 261 Å². The van der Waals surface area contributed by atoms with Gasteiger partial charge < -0.3 is 4.90 Å². The Kier molecular flexibility index (Phi) is 9.97. The quantitative estimate of drug-likeness (QED) is 0.131. The van der Waals surface area contributed by atoms with Crippen molar-refractivity contribution >= 4 is 38.6 Å². The lowest BCUT2D eigenvalue weighted by Gasteiger charge is -2.28. The number of anilines is 3. The number of hydrogen-bond donors (Lipinski definition) is 0. The van der Waals surface area contributed by atoms with Gasteiger partial charge in [0.2, 0.25) is 0 Å². The molecule has 0 fully saturated rings. The van der Waals surface area contributed by atoms with Crippen LogP contribution in [0, 0.1) is 0 Å². The largest absolute Gasteiger partial charge is 0.310 e. The first-order valence-electron chi connectivity index (χ1n) is 21.7. The van der Waals surface area contributed by atoms with Crippen LogP contribution in [0.4, 0.5) is 17.1 Å². The van der Waals surface area contributed by atoms with E-state index in [1.165, 1.54) is 82.7 Å². The lowest BCUT2D eigenvalue weighted by Crippen LogP contribution is -2.10. The number of benzene rings is 11. The summed E-state index contributed by atoms with van der Waals surface area (Å²) in [7, 11) is 0. The Morgan fingerprint density at radius 2 is 0.587 bits per heavy atom. The smallest absolute Gasteiger partial charge is 0.0468 e. The summed E-state index contributed by atoms with van der Waals surface area (Å²) >= 11 is 0. The lowest BCUT2D eigenvalue weighted by molar-refractivity contribution is 1.28. The standard InChI is InChI=1S/C62H43N/c1-6-20-44(21-7-1)49-30-18-32-52(40-49)63(54-37-39-55(45-22-8-2-9-23-45)59(43-54)46-24-10-3-11-25-46)53-33-19-31-50(41-53)51-36-38-57-56-34-16-17-35-58(56)61(47-26-12-4-13-27-47)62(60(57)42-51)48-28-14-5-15-29-48/h1-43H. The Hall–Kier alpha value is -8.26. The molecule has 1 nitrogen and oxygen atoms in total. The first-order chi connectivity index (χ1) is 31.3. The van der Waals surface area contributed by atoms with Gasteiger partial charge in [0.05, 0.1) is 0 Å². The van der Waals surface area contributed by atoms with Crippen LogP contribution in [0.5, 0.6) is 0 Å². The Balaban J connectivity index is 1.12. The Labute approximate surface area is 369 Å². The van der Waals surface area contributed by atoms with Gasteiger partial charge in [0, 0.05) is 17.1 Å². The van der Waals surface area contributed by atoms with Gasteiger partial charge >= 0.3 is 0 Å². The van der Waals surface area contributed by atoms with Crippen LogP contribution < -0.4 is 4.90 Å².